The van der Waals surface area contributed by atoms with E-state index in [1.54, 1.807) is 5.32 Å². The van der Waals surface area contributed by atoms with Gasteiger partial charge in [-0.25, -0.2) is 9.78 Å². The Morgan fingerprint density at radius 3 is 2.48 bits per heavy atom. The summed E-state index contributed by atoms with van der Waals surface area (Å²) in [7, 11) is 1.17. The molecule has 11 heteroatoms. The quantitative estimate of drug-likeness (QED) is 0.630. The average molecular weight is 407 g/mol. The smallest absolute Gasteiger partial charge is 0.471 e. The van der Waals surface area contributed by atoms with E-state index in [1.165, 1.54) is 48.2 Å². The number of fused-ring (bicyclic) bond motifs is 1. The first kappa shape index (κ1) is 19.9. The molecule has 29 heavy (non-hydrogen) atoms. The lowest BCUT2D eigenvalue weighted by molar-refractivity contribution is -0.167. The fourth-order valence-electron chi connectivity index (χ4n) is 2.56. The Kier molecular flexibility index (Phi) is 4.97. The lowest BCUT2D eigenvalue weighted by Crippen LogP contribution is -2.30. The number of alkyl halides is 3. The zero-order chi connectivity index (χ0) is 21.3. The number of carboxylic acid groups (broad SMARTS) is 1. The van der Waals surface area contributed by atoms with Crippen LogP contribution >= 0.6 is 0 Å². The third-order valence-corrected chi connectivity index (χ3v) is 3.95. The Hall–Kier alpha value is -3.89. The molecule has 0 aliphatic rings. The molecule has 0 aliphatic heterocycles. The molecular formula is C18H12F3N3O5. The zero-order valence-corrected chi connectivity index (χ0v) is 14.6. The number of hydrogen-bond donors (Lipinski definition) is 2. The molecule has 3 rings (SSSR count). The van der Waals surface area contributed by atoms with Gasteiger partial charge in [-0.2, -0.15) is 13.2 Å². The number of methoxy groups -OCH3 is 1. The van der Waals surface area contributed by atoms with Crippen LogP contribution in [0.3, 0.4) is 0 Å². The van der Waals surface area contributed by atoms with Crippen molar-refractivity contribution in [2.24, 2.45) is 0 Å². The Balaban J connectivity index is 1.95. The number of hydrogen-bond acceptors (Lipinski definition) is 5. The Labute approximate surface area is 160 Å². The fraction of sp³-hybridized carbons (Fsp3) is 0.111. The number of carbonyl (C=O) groups excluding carboxylic acids is 2. The maximum absolute atomic E-state index is 12.8. The van der Waals surface area contributed by atoms with Crippen molar-refractivity contribution in [3.8, 4) is 5.75 Å². The lowest BCUT2D eigenvalue weighted by atomic mass is 10.1. The molecule has 8 nitrogen and oxygen atoms in total. The van der Waals surface area contributed by atoms with Gasteiger partial charge in [0.1, 0.15) is 5.75 Å². The highest BCUT2D eigenvalue weighted by Crippen LogP contribution is 2.28. The van der Waals surface area contributed by atoms with E-state index < -0.39 is 23.8 Å². The van der Waals surface area contributed by atoms with E-state index in [4.69, 9.17) is 9.84 Å². The maximum Gasteiger partial charge on any atom is 0.471 e. The van der Waals surface area contributed by atoms with Gasteiger partial charge < -0.3 is 15.2 Å². The van der Waals surface area contributed by atoms with E-state index >= 15 is 0 Å². The van der Waals surface area contributed by atoms with Crippen LogP contribution in [0.15, 0.2) is 42.7 Å². The van der Waals surface area contributed by atoms with E-state index in [0.717, 1.165) is 6.07 Å². The number of benzene rings is 1. The summed E-state index contributed by atoms with van der Waals surface area (Å²) in [5, 5.41) is 10.7. The number of imidazole rings is 1. The first-order chi connectivity index (χ1) is 13.6. The maximum atomic E-state index is 12.8. The van der Waals surface area contributed by atoms with E-state index in [0.29, 0.717) is 5.52 Å². The third-order valence-electron chi connectivity index (χ3n) is 3.95. The van der Waals surface area contributed by atoms with Crippen LogP contribution < -0.4 is 10.1 Å². The van der Waals surface area contributed by atoms with E-state index in [9.17, 15) is 27.6 Å². The summed E-state index contributed by atoms with van der Waals surface area (Å²) in [5.41, 5.74) is 0.171. The van der Waals surface area contributed by atoms with Gasteiger partial charge in [0, 0.05) is 11.8 Å². The van der Waals surface area contributed by atoms with Gasteiger partial charge in [0.2, 0.25) is 5.78 Å². The number of rotatable bonds is 5. The van der Waals surface area contributed by atoms with Crippen LogP contribution in [0.2, 0.25) is 0 Å². The van der Waals surface area contributed by atoms with Crippen molar-refractivity contribution >= 4 is 28.9 Å². The van der Waals surface area contributed by atoms with E-state index in [-0.39, 0.29) is 28.4 Å². The second-order valence-electron chi connectivity index (χ2n) is 5.79. The Bertz CT molecular complexity index is 1140. The first-order valence-corrected chi connectivity index (χ1v) is 7.93. The van der Waals surface area contributed by atoms with Crippen molar-refractivity contribution < 1.29 is 37.4 Å². The zero-order valence-electron chi connectivity index (χ0n) is 14.6. The first-order valence-electron chi connectivity index (χ1n) is 7.93. The predicted octanol–water partition coefficient (Wildman–Crippen LogP) is 2.77. The molecule has 0 radical (unpaired) electrons. The molecule has 2 aromatic heterocycles. The number of halogens is 3. The topological polar surface area (TPSA) is 110 Å². The molecule has 1 aromatic carbocycles. The van der Waals surface area contributed by atoms with Crippen LogP contribution in [0, 0.1) is 0 Å². The number of nitrogens with one attached hydrogen (secondary N) is 1. The number of aromatic nitrogens is 2. The van der Waals surface area contributed by atoms with Crippen molar-refractivity contribution in [1.82, 2.24) is 9.38 Å². The molecule has 0 saturated carbocycles. The van der Waals surface area contributed by atoms with Crippen LogP contribution in [-0.2, 0) is 4.79 Å². The number of carboxylic acids is 1. The monoisotopic (exact) mass is 407 g/mol. The SMILES string of the molecule is COc1cc(C(=O)c2ncc3cc(C(=O)O)ccn23)ccc1NC(=O)C(F)(F)F. The minimum Gasteiger partial charge on any atom is -0.495 e. The molecule has 1 amide bonds. The molecule has 0 fully saturated rings. The summed E-state index contributed by atoms with van der Waals surface area (Å²) >= 11 is 0. The number of aromatic carboxylic acids is 1. The molecule has 2 heterocycles. The van der Waals surface area contributed by atoms with E-state index in [2.05, 4.69) is 4.98 Å². The number of anilines is 1. The van der Waals surface area contributed by atoms with Crippen LogP contribution in [0.4, 0.5) is 18.9 Å². The third kappa shape index (κ3) is 3.88. The van der Waals surface area contributed by atoms with Crippen LogP contribution in [-0.4, -0.2) is 45.4 Å². The summed E-state index contributed by atoms with van der Waals surface area (Å²) in [6.45, 7) is 0. The summed E-state index contributed by atoms with van der Waals surface area (Å²) in [6, 6.07) is 6.12. The Morgan fingerprint density at radius 1 is 1.14 bits per heavy atom. The summed E-state index contributed by atoms with van der Waals surface area (Å²) in [5.74, 6) is -4.08. The van der Waals surface area contributed by atoms with Gasteiger partial charge in [0.15, 0.2) is 5.82 Å². The minimum absolute atomic E-state index is 0.0165. The van der Waals surface area contributed by atoms with Gasteiger partial charge in [0.25, 0.3) is 0 Å². The molecule has 0 atom stereocenters. The molecule has 0 aliphatic carbocycles. The lowest BCUT2D eigenvalue weighted by Gasteiger charge is -2.12. The highest BCUT2D eigenvalue weighted by atomic mass is 19.4. The Morgan fingerprint density at radius 2 is 1.86 bits per heavy atom. The second-order valence-corrected chi connectivity index (χ2v) is 5.79. The van der Waals surface area contributed by atoms with E-state index in [1.807, 2.05) is 0 Å². The van der Waals surface area contributed by atoms with Gasteiger partial charge >= 0.3 is 18.1 Å². The summed E-state index contributed by atoms with van der Waals surface area (Å²) in [6.07, 6.45) is -2.40. The van der Waals surface area contributed by atoms with Gasteiger partial charge in [-0.15, -0.1) is 0 Å². The molecule has 150 valence electrons. The van der Waals surface area contributed by atoms with Gasteiger partial charge in [0.05, 0.1) is 30.1 Å². The van der Waals surface area contributed by atoms with Crippen molar-refractivity contribution in [3.63, 3.8) is 0 Å². The van der Waals surface area contributed by atoms with Crippen molar-refractivity contribution in [2.75, 3.05) is 12.4 Å². The molecule has 2 N–H and O–H groups in total. The van der Waals surface area contributed by atoms with Crippen molar-refractivity contribution in [1.29, 1.82) is 0 Å². The molecule has 3 aromatic rings. The summed E-state index contributed by atoms with van der Waals surface area (Å²) < 4.78 is 43.7. The van der Waals surface area contributed by atoms with Crippen molar-refractivity contribution in [2.45, 2.75) is 6.18 Å². The largest absolute Gasteiger partial charge is 0.495 e. The molecule has 0 saturated heterocycles. The standard InChI is InChI=1S/C18H12F3N3O5/c1-29-13-7-9(2-3-12(13)23-17(28)18(19,20)21)14(25)15-22-8-11-6-10(16(26)27)4-5-24(11)15/h2-8H,1H3,(H,23,28)(H,26,27). The van der Waals surface area contributed by atoms with Gasteiger partial charge in [-0.3, -0.25) is 14.0 Å². The number of ketones is 1. The number of carbonyl (C=O) groups is 3. The highest BCUT2D eigenvalue weighted by Gasteiger charge is 2.39. The average Bonchev–Trinajstić information content (AvgIpc) is 3.10. The number of pyridine rings is 1. The fourth-order valence-corrected chi connectivity index (χ4v) is 2.56. The molecular weight excluding hydrogens is 395 g/mol. The number of nitrogens with zero attached hydrogens (tertiary/aromatic N) is 2. The van der Waals surface area contributed by atoms with Gasteiger partial charge in [-0.1, -0.05) is 0 Å². The molecule has 0 unspecified atom stereocenters. The van der Waals surface area contributed by atoms with Crippen molar-refractivity contribution in [3.05, 3.63) is 59.7 Å². The van der Waals surface area contributed by atoms with Gasteiger partial charge in [-0.05, 0) is 30.3 Å². The highest BCUT2D eigenvalue weighted by molar-refractivity contribution is 6.08. The predicted molar refractivity (Wildman–Crippen MR) is 93.3 cm³/mol. The molecule has 0 bridgehead atoms. The van der Waals surface area contributed by atoms with Crippen LogP contribution in [0.25, 0.3) is 5.52 Å². The second kappa shape index (κ2) is 7.26. The number of ether oxygens (including phenoxy) is 1. The summed E-state index contributed by atoms with van der Waals surface area (Å²) in [4.78, 5) is 38.9. The van der Waals surface area contributed by atoms with Crippen LogP contribution in [0.1, 0.15) is 26.5 Å². The normalized spacial score (nSPS) is 11.3. The minimum atomic E-state index is -5.08. The van der Waals surface area contributed by atoms with Crippen LogP contribution in [0.5, 0.6) is 5.75 Å². The molecule has 0 spiro atoms. The number of amides is 1.